The van der Waals surface area contributed by atoms with E-state index in [0.717, 1.165) is 9.87 Å². The van der Waals surface area contributed by atoms with Gasteiger partial charge in [-0.25, -0.2) is 8.42 Å². The van der Waals surface area contributed by atoms with Crippen molar-refractivity contribution in [2.45, 2.75) is 37.8 Å². The number of carbonyl (C=O) groups is 2. The highest BCUT2D eigenvalue weighted by atomic mass is 35.5. The minimum absolute atomic E-state index is 0.0307. The summed E-state index contributed by atoms with van der Waals surface area (Å²) in [4.78, 5) is 29.4. The highest BCUT2D eigenvalue weighted by Crippen LogP contribution is 2.29. The summed E-state index contributed by atoms with van der Waals surface area (Å²) < 4.78 is 29.2. The van der Waals surface area contributed by atoms with Crippen LogP contribution in [0.5, 0.6) is 0 Å². The van der Waals surface area contributed by atoms with E-state index in [9.17, 15) is 18.0 Å². The number of likely N-dealkylation sites (N-methyl/N-ethyl adjacent to an activating group) is 1. The van der Waals surface area contributed by atoms with Crippen molar-refractivity contribution >= 4 is 50.7 Å². The first-order valence-corrected chi connectivity index (χ1v) is 16.0. The number of nitrogens with one attached hydrogen (secondary N) is 1. The zero-order chi connectivity index (χ0) is 31.0. The van der Waals surface area contributed by atoms with Crippen LogP contribution in [0.3, 0.4) is 0 Å². The summed E-state index contributed by atoms with van der Waals surface area (Å²) in [5, 5.41) is 3.77. The van der Waals surface area contributed by atoms with Crippen molar-refractivity contribution in [2.24, 2.45) is 0 Å². The van der Waals surface area contributed by atoms with Crippen LogP contribution in [0.2, 0.25) is 10.0 Å². The van der Waals surface area contributed by atoms with Gasteiger partial charge < -0.3 is 10.2 Å². The number of halogens is 2. The number of sulfonamides is 1. The van der Waals surface area contributed by atoms with Crippen LogP contribution in [0, 0.1) is 6.92 Å². The van der Waals surface area contributed by atoms with Crippen LogP contribution in [0.1, 0.15) is 23.6 Å². The molecule has 0 fully saturated rings. The van der Waals surface area contributed by atoms with Gasteiger partial charge in [0.05, 0.1) is 10.6 Å². The van der Waals surface area contributed by atoms with E-state index in [2.05, 4.69) is 5.32 Å². The first-order chi connectivity index (χ1) is 20.6. The fourth-order valence-electron chi connectivity index (χ4n) is 4.81. The molecule has 0 radical (unpaired) electrons. The topological polar surface area (TPSA) is 86.8 Å². The van der Waals surface area contributed by atoms with Crippen molar-refractivity contribution in [3.8, 4) is 0 Å². The van der Waals surface area contributed by atoms with Gasteiger partial charge in [0.25, 0.3) is 10.0 Å². The maximum Gasteiger partial charge on any atom is 0.264 e. The third kappa shape index (κ3) is 8.16. The van der Waals surface area contributed by atoms with Crippen molar-refractivity contribution in [3.63, 3.8) is 0 Å². The Morgan fingerprint density at radius 1 is 0.814 bits per heavy atom. The molecule has 4 aromatic carbocycles. The molecule has 0 spiro atoms. The fourth-order valence-corrected chi connectivity index (χ4v) is 6.75. The van der Waals surface area contributed by atoms with Crippen LogP contribution in [-0.4, -0.2) is 44.3 Å². The number of amides is 2. The number of rotatable bonds is 12. The van der Waals surface area contributed by atoms with Gasteiger partial charge in [-0.1, -0.05) is 83.9 Å². The van der Waals surface area contributed by atoms with Gasteiger partial charge in [0, 0.05) is 29.6 Å². The van der Waals surface area contributed by atoms with Gasteiger partial charge in [-0.2, -0.15) is 0 Å². The Bertz CT molecular complexity index is 1670. The number of benzene rings is 4. The average molecular weight is 639 g/mol. The largest absolute Gasteiger partial charge is 0.355 e. The summed E-state index contributed by atoms with van der Waals surface area (Å²) in [6, 6.07) is 28.2. The number of carbonyl (C=O) groups excluding carboxylic acids is 2. The molecule has 0 bridgehead atoms. The molecule has 0 aliphatic rings. The van der Waals surface area contributed by atoms with E-state index in [0.29, 0.717) is 33.4 Å². The van der Waals surface area contributed by atoms with E-state index < -0.39 is 28.5 Å². The molecule has 10 heteroatoms. The van der Waals surface area contributed by atoms with Gasteiger partial charge in [0.1, 0.15) is 12.6 Å². The van der Waals surface area contributed by atoms with E-state index in [1.54, 1.807) is 68.4 Å². The lowest BCUT2D eigenvalue weighted by Crippen LogP contribution is -2.53. The number of hydrogen-bond donors (Lipinski definition) is 1. The molecule has 0 unspecified atom stereocenters. The highest BCUT2D eigenvalue weighted by molar-refractivity contribution is 7.92. The smallest absolute Gasteiger partial charge is 0.264 e. The van der Waals surface area contributed by atoms with Crippen molar-refractivity contribution in [1.29, 1.82) is 0 Å². The minimum Gasteiger partial charge on any atom is -0.355 e. The number of nitrogens with zero attached hydrogens (tertiary/aromatic N) is 2. The molecule has 0 saturated carbocycles. The predicted molar refractivity (Wildman–Crippen MR) is 172 cm³/mol. The van der Waals surface area contributed by atoms with Crippen molar-refractivity contribution in [3.05, 3.63) is 130 Å². The van der Waals surface area contributed by atoms with Crippen LogP contribution < -0.4 is 9.62 Å². The first kappa shape index (κ1) is 32.1. The monoisotopic (exact) mass is 637 g/mol. The highest BCUT2D eigenvalue weighted by Gasteiger charge is 2.35. The maximum absolute atomic E-state index is 14.4. The lowest BCUT2D eigenvalue weighted by molar-refractivity contribution is -0.140. The lowest BCUT2D eigenvalue weighted by Gasteiger charge is -2.34. The summed E-state index contributed by atoms with van der Waals surface area (Å²) in [7, 11) is -4.19. The van der Waals surface area contributed by atoms with E-state index >= 15 is 0 Å². The van der Waals surface area contributed by atoms with Crippen LogP contribution in [-0.2, 0) is 32.6 Å². The van der Waals surface area contributed by atoms with Crippen LogP contribution in [0.25, 0.3) is 0 Å². The molecule has 0 heterocycles. The molecule has 0 aliphatic heterocycles. The second-order valence-corrected chi connectivity index (χ2v) is 12.7. The standard InChI is InChI=1S/C33H33Cl2N3O4S/c1-3-36-33(40)31(21-25-11-6-4-7-12-25)37(22-26-13-10-14-27(34)20-26)32(39)23-38(30-18-17-28(35)19-24(30)2)43(41,42)29-15-8-5-9-16-29/h4-20,31H,3,21-23H2,1-2H3,(H,36,40)/t31-/m0/s1. The SMILES string of the molecule is CCNC(=O)[C@H](Cc1ccccc1)N(Cc1cccc(Cl)c1)C(=O)CN(c1ccc(Cl)cc1C)S(=O)(=O)c1ccccc1. The second-order valence-electron chi connectivity index (χ2n) is 10.0. The minimum atomic E-state index is -4.19. The summed E-state index contributed by atoms with van der Waals surface area (Å²) in [6.07, 6.45) is 0.227. The Morgan fingerprint density at radius 3 is 2.07 bits per heavy atom. The van der Waals surface area contributed by atoms with E-state index in [4.69, 9.17) is 23.2 Å². The number of hydrogen-bond acceptors (Lipinski definition) is 4. The number of aryl methyl sites for hydroxylation is 1. The molecule has 0 aromatic heterocycles. The predicted octanol–water partition coefficient (Wildman–Crippen LogP) is 6.27. The Balaban J connectivity index is 1.81. The normalized spacial score (nSPS) is 11.9. The van der Waals surface area contributed by atoms with Gasteiger partial charge in [-0.05, 0) is 73.0 Å². The fraction of sp³-hybridized carbons (Fsp3) is 0.212. The van der Waals surface area contributed by atoms with Crippen molar-refractivity contribution in [1.82, 2.24) is 10.2 Å². The maximum atomic E-state index is 14.4. The Hall–Kier alpha value is -3.85. The number of anilines is 1. The van der Waals surface area contributed by atoms with E-state index in [1.165, 1.54) is 17.0 Å². The molecule has 1 N–H and O–H groups in total. The van der Waals surface area contributed by atoms with Crippen LogP contribution in [0.15, 0.2) is 108 Å². The van der Waals surface area contributed by atoms with Gasteiger partial charge in [-0.3, -0.25) is 13.9 Å². The van der Waals surface area contributed by atoms with Crippen molar-refractivity contribution < 1.29 is 18.0 Å². The molecule has 0 saturated heterocycles. The lowest BCUT2D eigenvalue weighted by atomic mass is 10.0. The van der Waals surface area contributed by atoms with Crippen LogP contribution >= 0.6 is 23.2 Å². The van der Waals surface area contributed by atoms with Crippen LogP contribution in [0.4, 0.5) is 5.69 Å². The zero-order valence-corrected chi connectivity index (χ0v) is 26.2. The van der Waals surface area contributed by atoms with Gasteiger partial charge in [0.2, 0.25) is 11.8 Å². The molecule has 0 aliphatic carbocycles. The zero-order valence-electron chi connectivity index (χ0n) is 23.9. The summed E-state index contributed by atoms with van der Waals surface area (Å²) in [5.74, 6) is -0.900. The molecule has 43 heavy (non-hydrogen) atoms. The molecule has 1 atom stereocenters. The van der Waals surface area contributed by atoms with E-state index in [-0.39, 0.29) is 23.8 Å². The molecule has 4 aromatic rings. The Morgan fingerprint density at radius 2 is 1.44 bits per heavy atom. The summed E-state index contributed by atoms with van der Waals surface area (Å²) >= 11 is 12.5. The van der Waals surface area contributed by atoms with Gasteiger partial charge in [0.15, 0.2) is 0 Å². The first-order valence-electron chi connectivity index (χ1n) is 13.8. The summed E-state index contributed by atoms with van der Waals surface area (Å²) in [6.45, 7) is 3.38. The van der Waals surface area contributed by atoms with Gasteiger partial charge in [-0.15, -0.1) is 0 Å². The molecular formula is C33H33Cl2N3O4S. The quantitative estimate of drug-likeness (QED) is 0.198. The Kier molecular flexibility index (Phi) is 10.9. The third-order valence-electron chi connectivity index (χ3n) is 6.90. The molecule has 2 amide bonds. The van der Waals surface area contributed by atoms with Crippen molar-refractivity contribution in [2.75, 3.05) is 17.4 Å². The molecular weight excluding hydrogens is 605 g/mol. The van der Waals surface area contributed by atoms with E-state index in [1.807, 2.05) is 36.4 Å². The average Bonchev–Trinajstić information content (AvgIpc) is 2.99. The molecule has 7 nitrogen and oxygen atoms in total. The molecule has 224 valence electrons. The Labute approximate surface area is 263 Å². The van der Waals surface area contributed by atoms with Gasteiger partial charge >= 0.3 is 0 Å². The summed E-state index contributed by atoms with van der Waals surface area (Å²) in [5.41, 5.74) is 2.43. The third-order valence-corrected chi connectivity index (χ3v) is 9.15. The molecule has 4 rings (SSSR count). The second kappa shape index (κ2) is 14.6.